The first-order valence-electron chi connectivity index (χ1n) is 6.68. The molecule has 1 aliphatic heterocycles. The maximum Gasteiger partial charge on any atom is 0.248 e. The lowest BCUT2D eigenvalue weighted by Gasteiger charge is -2.24. The van der Waals surface area contributed by atoms with E-state index in [1.165, 1.54) is 0 Å². The Balaban J connectivity index is 2.06. The average Bonchev–Trinajstić information content (AvgIpc) is 2.86. The first kappa shape index (κ1) is 15.0. The normalized spacial score (nSPS) is 19.8. The third-order valence-electron chi connectivity index (χ3n) is 3.32. The number of halogens is 1. The molecule has 1 aromatic rings. The van der Waals surface area contributed by atoms with Gasteiger partial charge in [-0.3, -0.25) is 9.59 Å². The van der Waals surface area contributed by atoms with Gasteiger partial charge in [-0.2, -0.15) is 0 Å². The fourth-order valence-electron chi connectivity index (χ4n) is 2.35. The molecule has 0 radical (unpaired) electrons. The van der Waals surface area contributed by atoms with E-state index in [1.807, 2.05) is 19.1 Å². The lowest BCUT2D eigenvalue weighted by Crippen LogP contribution is -2.45. The molecule has 2 heterocycles. The quantitative estimate of drug-likeness (QED) is 0.858. The monoisotopic (exact) mass is 339 g/mol. The summed E-state index contributed by atoms with van der Waals surface area (Å²) in [7, 11) is 0. The van der Waals surface area contributed by atoms with E-state index >= 15 is 0 Å². The Hall–Kier alpha value is -1.43. The second kappa shape index (κ2) is 6.35. The molecule has 0 aromatic carbocycles. The number of aryl methyl sites for hydroxylation is 1. The lowest BCUT2D eigenvalue weighted by atomic mass is 10.2. The van der Waals surface area contributed by atoms with Crippen LogP contribution in [-0.2, 0) is 9.59 Å². The van der Waals surface area contributed by atoms with Crippen molar-refractivity contribution >= 4 is 33.6 Å². The Morgan fingerprint density at radius 1 is 1.50 bits per heavy atom. The number of amides is 2. The predicted molar refractivity (Wildman–Crippen MR) is 80.7 cm³/mol. The van der Waals surface area contributed by atoms with Gasteiger partial charge >= 0.3 is 0 Å². The largest absolute Gasteiger partial charge is 0.330 e. The van der Waals surface area contributed by atoms with Gasteiger partial charge in [0.1, 0.15) is 11.9 Å². The molecule has 1 fully saturated rings. The number of rotatable bonds is 3. The summed E-state index contributed by atoms with van der Waals surface area (Å²) < 4.78 is 0. The number of nitrogens with zero attached hydrogens (tertiary/aromatic N) is 2. The molecule has 1 saturated heterocycles. The first-order valence-corrected chi connectivity index (χ1v) is 7.59. The van der Waals surface area contributed by atoms with E-state index in [2.05, 4.69) is 26.2 Å². The van der Waals surface area contributed by atoms with Crippen LogP contribution in [0.25, 0.3) is 0 Å². The van der Waals surface area contributed by atoms with Gasteiger partial charge in [0.05, 0.1) is 4.83 Å². The Labute approximate surface area is 126 Å². The molecule has 5 nitrogen and oxygen atoms in total. The molecule has 2 amide bonds. The molecule has 1 aliphatic rings. The summed E-state index contributed by atoms with van der Waals surface area (Å²) in [4.78, 5) is 30.0. The van der Waals surface area contributed by atoms with Gasteiger partial charge in [-0.1, -0.05) is 22.0 Å². The summed E-state index contributed by atoms with van der Waals surface area (Å²) in [6.45, 7) is 4.28. The summed E-state index contributed by atoms with van der Waals surface area (Å²) in [6, 6.07) is 5.06. The Morgan fingerprint density at radius 3 is 2.90 bits per heavy atom. The van der Waals surface area contributed by atoms with Crippen LogP contribution < -0.4 is 5.32 Å². The van der Waals surface area contributed by atoms with Crippen molar-refractivity contribution in [1.82, 2.24) is 9.88 Å². The number of hydrogen-bond donors (Lipinski definition) is 1. The number of likely N-dealkylation sites (tertiary alicyclic amines) is 1. The smallest absolute Gasteiger partial charge is 0.248 e. The minimum atomic E-state index is -0.398. The van der Waals surface area contributed by atoms with Crippen LogP contribution in [0.3, 0.4) is 0 Å². The summed E-state index contributed by atoms with van der Waals surface area (Å²) in [5.41, 5.74) is 0.844. The molecule has 1 N–H and O–H groups in total. The number of alkyl halides is 1. The molecule has 0 spiro atoms. The van der Waals surface area contributed by atoms with Crippen LogP contribution in [0.2, 0.25) is 0 Å². The summed E-state index contributed by atoms with van der Waals surface area (Å²) >= 11 is 3.27. The molecular weight excluding hydrogens is 322 g/mol. The van der Waals surface area contributed by atoms with E-state index in [0.717, 1.165) is 12.1 Å². The molecule has 0 aliphatic carbocycles. The second-order valence-electron chi connectivity index (χ2n) is 4.96. The van der Waals surface area contributed by atoms with Crippen molar-refractivity contribution in [3.05, 3.63) is 23.9 Å². The molecule has 6 heteroatoms. The maximum absolute atomic E-state index is 12.3. The van der Waals surface area contributed by atoms with Crippen LogP contribution in [0, 0.1) is 6.92 Å². The van der Waals surface area contributed by atoms with E-state index < -0.39 is 6.04 Å². The highest BCUT2D eigenvalue weighted by atomic mass is 79.9. The van der Waals surface area contributed by atoms with Crippen molar-refractivity contribution in [3.8, 4) is 0 Å². The zero-order valence-corrected chi connectivity index (χ0v) is 13.2. The molecule has 20 heavy (non-hydrogen) atoms. The minimum Gasteiger partial charge on any atom is -0.330 e. The van der Waals surface area contributed by atoms with Gasteiger partial charge in [-0.05, 0) is 38.8 Å². The number of anilines is 1. The van der Waals surface area contributed by atoms with E-state index in [0.29, 0.717) is 18.8 Å². The van der Waals surface area contributed by atoms with Gasteiger partial charge < -0.3 is 10.2 Å². The number of carbonyl (C=O) groups excluding carboxylic acids is 2. The van der Waals surface area contributed by atoms with E-state index in [9.17, 15) is 9.59 Å². The summed E-state index contributed by atoms with van der Waals surface area (Å²) in [5, 5.41) is 2.79. The SMILES string of the molecule is Cc1cccc(NC(=O)[C@@H]2CCCN2C(=O)C(C)Br)n1. The van der Waals surface area contributed by atoms with E-state index in [-0.39, 0.29) is 16.6 Å². The molecule has 2 atom stereocenters. The van der Waals surface area contributed by atoms with Crippen LogP contribution in [0.5, 0.6) is 0 Å². The standard InChI is InChI=1S/C14H18BrN3O2/c1-9-5-3-7-12(16-9)17-13(19)11-6-4-8-18(11)14(20)10(2)15/h3,5,7,10-11H,4,6,8H2,1-2H3,(H,16,17,19)/t10?,11-/m0/s1. The minimum absolute atomic E-state index is 0.0418. The fourth-order valence-corrected chi connectivity index (χ4v) is 2.62. The average molecular weight is 340 g/mol. The van der Waals surface area contributed by atoms with Gasteiger partial charge in [-0.25, -0.2) is 4.98 Å². The lowest BCUT2D eigenvalue weighted by molar-refractivity contribution is -0.135. The van der Waals surface area contributed by atoms with Gasteiger partial charge in [0, 0.05) is 12.2 Å². The van der Waals surface area contributed by atoms with Gasteiger partial charge in [0.15, 0.2) is 0 Å². The topological polar surface area (TPSA) is 62.3 Å². The van der Waals surface area contributed by atoms with Crippen LogP contribution >= 0.6 is 15.9 Å². The van der Waals surface area contributed by atoms with Crippen LogP contribution in [0.1, 0.15) is 25.5 Å². The number of aromatic nitrogens is 1. The third-order valence-corrected chi connectivity index (χ3v) is 3.71. The first-order chi connectivity index (χ1) is 9.49. The van der Waals surface area contributed by atoms with Gasteiger partial charge in [0.25, 0.3) is 0 Å². The molecule has 108 valence electrons. The predicted octanol–water partition coefficient (Wildman–Crippen LogP) is 2.10. The molecule has 0 bridgehead atoms. The third kappa shape index (κ3) is 3.36. The fraction of sp³-hybridized carbons (Fsp3) is 0.500. The zero-order chi connectivity index (χ0) is 14.7. The number of nitrogens with one attached hydrogen (secondary N) is 1. The van der Waals surface area contributed by atoms with Crippen LogP contribution in [0.15, 0.2) is 18.2 Å². The Morgan fingerprint density at radius 2 is 2.25 bits per heavy atom. The second-order valence-corrected chi connectivity index (χ2v) is 6.33. The van der Waals surface area contributed by atoms with Crippen molar-refractivity contribution in [2.24, 2.45) is 0 Å². The van der Waals surface area contributed by atoms with Crippen molar-refractivity contribution in [1.29, 1.82) is 0 Å². The van der Waals surface area contributed by atoms with Crippen molar-refractivity contribution in [2.75, 3.05) is 11.9 Å². The van der Waals surface area contributed by atoms with Crippen LogP contribution in [-0.4, -0.2) is 39.1 Å². The Kier molecular flexibility index (Phi) is 4.75. The molecule has 1 aromatic heterocycles. The van der Waals surface area contributed by atoms with Crippen molar-refractivity contribution in [3.63, 3.8) is 0 Å². The summed E-state index contributed by atoms with van der Waals surface area (Å²) in [5.74, 6) is 0.322. The van der Waals surface area contributed by atoms with Gasteiger partial charge in [-0.15, -0.1) is 0 Å². The van der Waals surface area contributed by atoms with Crippen LogP contribution in [0.4, 0.5) is 5.82 Å². The van der Waals surface area contributed by atoms with E-state index in [1.54, 1.807) is 17.9 Å². The number of carbonyl (C=O) groups is 2. The highest BCUT2D eigenvalue weighted by molar-refractivity contribution is 9.10. The Bertz CT molecular complexity index is 519. The van der Waals surface area contributed by atoms with Gasteiger partial charge in [0.2, 0.25) is 11.8 Å². The molecule has 2 rings (SSSR count). The summed E-state index contributed by atoms with van der Waals surface area (Å²) in [6.07, 6.45) is 1.55. The van der Waals surface area contributed by atoms with Crippen molar-refractivity contribution in [2.45, 2.75) is 37.6 Å². The number of pyridine rings is 1. The van der Waals surface area contributed by atoms with Crippen molar-refractivity contribution < 1.29 is 9.59 Å². The molecule has 1 unspecified atom stereocenters. The maximum atomic E-state index is 12.3. The zero-order valence-electron chi connectivity index (χ0n) is 11.6. The highest BCUT2D eigenvalue weighted by Gasteiger charge is 2.35. The molecular formula is C14H18BrN3O2. The molecule has 0 saturated carbocycles. The number of hydrogen-bond acceptors (Lipinski definition) is 3. The van der Waals surface area contributed by atoms with E-state index in [4.69, 9.17) is 0 Å². The highest BCUT2D eigenvalue weighted by Crippen LogP contribution is 2.21.